The fraction of sp³-hybridized carbons (Fsp3) is 0.316. The standard InChI is InChI=1S/C19H20N2O3/c1-19(14-5-3-2-4-6-14)13-21(9-10-24-19)15-7-8-17-16(11-15)20-18(22)12-23-17/h2-8,11H,9-10,12-13H2,1H3,(H,20,22)/t19-/m1/s1. The molecule has 4 rings (SSSR count). The predicted molar refractivity (Wildman–Crippen MR) is 92.5 cm³/mol. The Morgan fingerprint density at radius 3 is 2.83 bits per heavy atom. The second-order valence-electron chi connectivity index (χ2n) is 6.38. The molecule has 1 saturated heterocycles. The van der Waals surface area contributed by atoms with E-state index in [1.807, 2.05) is 36.4 Å². The first-order chi connectivity index (χ1) is 11.6. The summed E-state index contributed by atoms with van der Waals surface area (Å²) >= 11 is 0. The van der Waals surface area contributed by atoms with Crippen molar-refractivity contribution in [3.8, 4) is 5.75 Å². The van der Waals surface area contributed by atoms with Gasteiger partial charge in [0, 0.05) is 12.2 Å². The van der Waals surface area contributed by atoms with Crippen molar-refractivity contribution in [3.05, 3.63) is 54.1 Å². The van der Waals surface area contributed by atoms with Gasteiger partial charge in [-0.05, 0) is 30.7 Å². The molecular weight excluding hydrogens is 304 g/mol. The zero-order valence-corrected chi connectivity index (χ0v) is 13.6. The first kappa shape index (κ1) is 15.0. The molecule has 24 heavy (non-hydrogen) atoms. The number of hydrogen-bond acceptors (Lipinski definition) is 4. The topological polar surface area (TPSA) is 50.8 Å². The predicted octanol–water partition coefficient (Wildman–Crippen LogP) is 2.77. The van der Waals surface area contributed by atoms with Crippen molar-refractivity contribution in [1.82, 2.24) is 0 Å². The van der Waals surface area contributed by atoms with Gasteiger partial charge in [-0.2, -0.15) is 0 Å². The van der Waals surface area contributed by atoms with Crippen LogP contribution in [0.5, 0.6) is 5.75 Å². The van der Waals surface area contributed by atoms with E-state index in [1.54, 1.807) is 0 Å². The minimum atomic E-state index is -0.352. The lowest BCUT2D eigenvalue weighted by molar-refractivity contribution is -0.118. The molecule has 0 spiro atoms. The van der Waals surface area contributed by atoms with Gasteiger partial charge in [0.15, 0.2) is 6.61 Å². The van der Waals surface area contributed by atoms with Crippen molar-refractivity contribution in [3.63, 3.8) is 0 Å². The number of hydrogen-bond donors (Lipinski definition) is 1. The molecule has 0 saturated carbocycles. The summed E-state index contributed by atoms with van der Waals surface area (Å²) in [5.74, 6) is 0.605. The summed E-state index contributed by atoms with van der Waals surface area (Å²) in [5.41, 5.74) is 2.61. The summed E-state index contributed by atoms with van der Waals surface area (Å²) in [6.45, 7) is 4.43. The van der Waals surface area contributed by atoms with E-state index in [0.717, 1.165) is 30.2 Å². The molecule has 0 radical (unpaired) electrons. The van der Waals surface area contributed by atoms with E-state index in [2.05, 4.69) is 29.3 Å². The summed E-state index contributed by atoms with van der Waals surface area (Å²) in [4.78, 5) is 13.8. The molecule has 2 aromatic rings. The number of carbonyl (C=O) groups excluding carboxylic acids is 1. The summed E-state index contributed by atoms with van der Waals surface area (Å²) in [6, 6.07) is 16.2. The average molecular weight is 324 g/mol. The number of carbonyl (C=O) groups is 1. The summed E-state index contributed by atoms with van der Waals surface area (Å²) in [6.07, 6.45) is 0. The van der Waals surface area contributed by atoms with Crippen molar-refractivity contribution >= 4 is 17.3 Å². The highest BCUT2D eigenvalue weighted by atomic mass is 16.5. The molecule has 1 amide bonds. The van der Waals surface area contributed by atoms with Gasteiger partial charge in [0.25, 0.3) is 5.91 Å². The highest BCUT2D eigenvalue weighted by Gasteiger charge is 2.34. The molecule has 1 N–H and O–H groups in total. The molecule has 5 nitrogen and oxygen atoms in total. The molecule has 0 aliphatic carbocycles. The Bertz CT molecular complexity index is 762. The lowest BCUT2D eigenvalue weighted by Crippen LogP contribution is -2.48. The van der Waals surface area contributed by atoms with Gasteiger partial charge < -0.3 is 19.7 Å². The van der Waals surface area contributed by atoms with Gasteiger partial charge in [-0.1, -0.05) is 30.3 Å². The maximum Gasteiger partial charge on any atom is 0.262 e. The van der Waals surface area contributed by atoms with E-state index in [1.165, 1.54) is 5.56 Å². The van der Waals surface area contributed by atoms with Crippen molar-refractivity contribution in [2.75, 3.05) is 36.5 Å². The Morgan fingerprint density at radius 2 is 2.00 bits per heavy atom. The van der Waals surface area contributed by atoms with Crippen LogP contribution in [-0.4, -0.2) is 32.2 Å². The molecule has 0 unspecified atom stereocenters. The smallest absolute Gasteiger partial charge is 0.262 e. The van der Waals surface area contributed by atoms with Gasteiger partial charge in [0.1, 0.15) is 11.4 Å². The Labute approximate surface area is 141 Å². The summed E-state index contributed by atoms with van der Waals surface area (Å²) in [7, 11) is 0. The molecule has 0 bridgehead atoms. The van der Waals surface area contributed by atoms with Crippen LogP contribution in [-0.2, 0) is 15.1 Å². The first-order valence-corrected chi connectivity index (χ1v) is 8.15. The second kappa shape index (κ2) is 5.83. The molecule has 1 fully saturated rings. The van der Waals surface area contributed by atoms with Crippen molar-refractivity contribution in [2.24, 2.45) is 0 Å². The SMILES string of the molecule is C[C@]1(c2ccccc2)CN(c2ccc3c(c2)NC(=O)CO3)CCO1. The molecule has 2 aromatic carbocycles. The van der Waals surface area contributed by atoms with Gasteiger partial charge in [0.05, 0.1) is 18.8 Å². The largest absolute Gasteiger partial charge is 0.482 e. The van der Waals surface area contributed by atoms with E-state index in [9.17, 15) is 4.79 Å². The van der Waals surface area contributed by atoms with Crippen molar-refractivity contribution in [1.29, 1.82) is 0 Å². The summed E-state index contributed by atoms with van der Waals surface area (Å²) < 4.78 is 11.5. The van der Waals surface area contributed by atoms with Crippen LogP contribution in [0, 0.1) is 0 Å². The van der Waals surface area contributed by atoms with Gasteiger partial charge in [-0.3, -0.25) is 4.79 Å². The zero-order valence-electron chi connectivity index (χ0n) is 13.6. The van der Waals surface area contributed by atoms with E-state index in [4.69, 9.17) is 9.47 Å². The number of benzene rings is 2. The van der Waals surface area contributed by atoms with Crippen LogP contribution in [0.1, 0.15) is 12.5 Å². The van der Waals surface area contributed by atoms with Crippen LogP contribution < -0.4 is 15.0 Å². The molecule has 124 valence electrons. The van der Waals surface area contributed by atoms with Crippen LogP contribution in [0.15, 0.2) is 48.5 Å². The minimum Gasteiger partial charge on any atom is -0.482 e. The van der Waals surface area contributed by atoms with E-state index in [0.29, 0.717) is 6.61 Å². The molecule has 2 heterocycles. The molecule has 2 aliphatic rings. The highest BCUT2D eigenvalue weighted by Crippen LogP contribution is 2.35. The van der Waals surface area contributed by atoms with Crippen molar-refractivity contribution < 1.29 is 14.3 Å². The Kier molecular flexibility index (Phi) is 3.65. The third-order valence-electron chi connectivity index (χ3n) is 4.62. The first-order valence-electron chi connectivity index (χ1n) is 8.15. The lowest BCUT2D eigenvalue weighted by atomic mass is 9.93. The minimum absolute atomic E-state index is 0.0793. The molecule has 1 atom stereocenters. The fourth-order valence-electron chi connectivity index (χ4n) is 3.32. The van der Waals surface area contributed by atoms with Crippen molar-refractivity contribution in [2.45, 2.75) is 12.5 Å². The van der Waals surface area contributed by atoms with Gasteiger partial charge in [0.2, 0.25) is 0 Å². The highest BCUT2D eigenvalue weighted by molar-refractivity contribution is 5.96. The number of anilines is 2. The Morgan fingerprint density at radius 1 is 1.17 bits per heavy atom. The number of morpholine rings is 1. The maximum atomic E-state index is 11.5. The van der Waals surface area contributed by atoms with Gasteiger partial charge in [-0.15, -0.1) is 0 Å². The maximum absolute atomic E-state index is 11.5. The normalized spacial score (nSPS) is 23.2. The quantitative estimate of drug-likeness (QED) is 0.923. The van der Waals surface area contributed by atoms with E-state index < -0.39 is 0 Å². The third-order valence-corrected chi connectivity index (χ3v) is 4.62. The number of fused-ring (bicyclic) bond motifs is 1. The number of rotatable bonds is 2. The lowest BCUT2D eigenvalue weighted by Gasteiger charge is -2.42. The number of ether oxygens (including phenoxy) is 2. The van der Waals surface area contributed by atoms with E-state index >= 15 is 0 Å². The fourth-order valence-corrected chi connectivity index (χ4v) is 3.32. The number of amides is 1. The zero-order chi connectivity index (χ0) is 16.6. The Hall–Kier alpha value is -2.53. The Balaban J connectivity index is 1.61. The van der Waals surface area contributed by atoms with Crippen LogP contribution >= 0.6 is 0 Å². The van der Waals surface area contributed by atoms with Crippen LogP contribution in [0.2, 0.25) is 0 Å². The average Bonchev–Trinajstić information content (AvgIpc) is 2.62. The molecular formula is C19H20N2O3. The number of nitrogens with zero attached hydrogens (tertiary/aromatic N) is 1. The number of nitrogens with one attached hydrogen (secondary N) is 1. The monoisotopic (exact) mass is 324 g/mol. The molecule has 0 aromatic heterocycles. The molecule has 5 heteroatoms. The third kappa shape index (κ3) is 2.71. The summed E-state index contributed by atoms with van der Waals surface area (Å²) in [5, 5.41) is 2.87. The molecule has 2 aliphatic heterocycles. The van der Waals surface area contributed by atoms with Gasteiger partial charge in [-0.25, -0.2) is 0 Å². The second-order valence-corrected chi connectivity index (χ2v) is 6.38. The van der Waals surface area contributed by atoms with Crippen LogP contribution in [0.4, 0.5) is 11.4 Å². The van der Waals surface area contributed by atoms with Crippen LogP contribution in [0.25, 0.3) is 0 Å². The van der Waals surface area contributed by atoms with E-state index in [-0.39, 0.29) is 18.1 Å². The van der Waals surface area contributed by atoms with Crippen LogP contribution in [0.3, 0.4) is 0 Å². The van der Waals surface area contributed by atoms with Gasteiger partial charge >= 0.3 is 0 Å².